The molecule has 142 valence electrons. The van der Waals surface area contributed by atoms with E-state index in [9.17, 15) is 4.79 Å². The number of nitrogen functional groups attached to an aromatic ring is 1. The van der Waals surface area contributed by atoms with Crippen molar-refractivity contribution in [3.05, 3.63) is 47.0 Å². The SMILES string of the molecule is COc1cc(OC)c(CCNC(=O)c2cc(N)ccc2C)c(OC)c1.Cl. The number of halogens is 1. The third-order valence-corrected chi connectivity index (χ3v) is 3.98. The summed E-state index contributed by atoms with van der Waals surface area (Å²) in [6.07, 6.45) is 0.559. The molecule has 7 heteroatoms. The normalized spacial score (nSPS) is 9.85. The van der Waals surface area contributed by atoms with Crippen molar-refractivity contribution in [2.75, 3.05) is 33.6 Å². The van der Waals surface area contributed by atoms with Gasteiger partial charge >= 0.3 is 0 Å². The summed E-state index contributed by atoms with van der Waals surface area (Å²) in [7, 11) is 4.76. The van der Waals surface area contributed by atoms with E-state index in [1.165, 1.54) is 0 Å². The molecule has 2 aromatic rings. The predicted octanol–water partition coefficient (Wildman–Crippen LogP) is 3.00. The van der Waals surface area contributed by atoms with Crippen LogP contribution in [0, 0.1) is 6.92 Å². The Hall–Kier alpha value is -2.60. The molecule has 6 nitrogen and oxygen atoms in total. The van der Waals surface area contributed by atoms with E-state index in [4.69, 9.17) is 19.9 Å². The Morgan fingerprint density at radius 2 is 1.65 bits per heavy atom. The number of anilines is 1. The number of benzene rings is 2. The molecule has 0 bridgehead atoms. The lowest BCUT2D eigenvalue weighted by atomic mass is 10.1. The van der Waals surface area contributed by atoms with Crippen LogP contribution in [0.25, 0.3) is 0 Å². The lowest BCUT2D eigenvalue weighted by Gasteiger charge is -2.15. The van der Waals surface area contributed by atoms with Crippen molar-refractivity contribution >= 4 is 24.0 Å². The van der Waals surface area contributed by atoms with E-state index in [1.54, 1.807) is 45.6 Å². The summed E-state index contributed by atoms with van der Waals surface area (Å²) < 4.78 is 16.1. The molecule has 1 amide bonds. The van der Waals surface area contributed by atoms with Crippen molar-refractivity contribution < 1.29 is 19.0 Å². The fraction of sp³-hybridized carbons (Fsp3) is 0.316. The molecule has 3 N–H and O–H groups in total. The van der Waals surface area contributed by atoms with Crippen molar-refractivity contribution in [3.8, 4) is 17.2 Å². The van der Waals surface area contributed by atoms with E-state index in [-0.39, 0.29) is 18.3 Å². The average molecular weight is 381 g/mol. The first-order chi connectivity index (χ1) is 12.0. The molecular weight excluding hydrogens is 356 g/mol. The first kappa shape index (κ1) is 21.4. The van der Waals surface area contributed by atoms with Gasteiger partial charge in [0.2, 0.25) is 0 Å². The van der Waals surface area contributed by atoms with E-state index >= 15 is 0 Å². The molecule has 0 fully saturated rings. The Bertz CT molecular complexity index is 740. The second kappa shape index (κ2) is 9.77. The Morgan fingerprint density at radius 1 is 1.04 bits per heavy atom. The van der Waals surface area contributed by atoms with E-state index in [0.717, 1.165) is 11.1 Å². The number of carbonyl (C=O) groups excluding carboxylic acids is 1. The van der Waals surface area contributed by atoms with Gasteiger partial charge in [0.15, 0.2) is 0 Å². The molecule has 0 aromatic heterocycles. The van der Waals surface area contributed by atoms with Gasteiger partial charge in [-0.3, -0.25) is 4.79 Å². The zero-order valence-corrected chi connectivity index (χ0v) is 16.2. The molecular formula is C19H25ClN2O4. The summed E-state index contributed by atoms with van der Waals surface area (Å²) in [6.45, 7) is 2.32. The monoisotopic (exact) mass is 380 g/mol. The molecule has 2 rings (SSSR count). The van der Waals surface area contributed by atoms with Crippen molar-refractivity contribution in [1.82, 2.24) is 5.32 Å². The molecule has 0 atom stereocenters. The maximum Gasteiger partial charge on any atom is 0.251 e. The quantitative estimate of drug-likeness (QED) is 0.721. The highest BCUT2D eigenvalue weighted by Crippen LogP contribution is 2.34. The highest BCUT2D eigenvalue weighted by atomic mass is 35.5. The Balaban J connectivity index is 0.00000338. The fourth-order valence-electron chi connectivity index (χ4n) is 2.60. The highest BCUT2D eigenvalue weighted by Gasteiger charge is 2.14. The number of carbonyl (C=O) groups is 1. The highest BCUT2D eigenvalue weighted by molar-refractivity contribution is 5.96. The molecule has 0 heterocycles. The predicted molar refractivity (Wildman–Crippen MR) is 105 cm³/mol. The number of rotatable bonds is 7. The van der Waals surface area contributed by atoms with E-state index in [0.29, 0.717) is 41.5 Å². The number of hydrogen-bond donors (Lipinski definition) is 2. The smallest absolute Gasteiger partial charge is 0.251 e. The van der Waals surface area contributed by atoms with Crippen molar-refractivity contribution in [2.45, 2.75) is 13.3 Å². The summed E-state index contributed by atoms with van der Waals surface area (Å²) in [5.41, 5.74) is 8.66. The first-order valence-electron chi connectivity index (χ1n) is 7.93. The molecule has 0 aliphatic rings. The van der Waals surface area contributed by atoms with Gasteiger partial charge in [0, 0.05) is 35.5 Å². The topological polar surface area (TPSA) is 82.8 Å². The van der Waals surface area contributed by atoms with Crippen LogP contribution in [0.1, 0.15) is 21.5 Å². The molecule has 0 saturated carbocycles. The Kier molecular flexibility index (Phi) is 8.06. The second-order valence-electron chi connectivity index (χ2n) is 5.59. The molecule has 0 aliphatic heterocycles. The minimum absolute atomic E-state index is 0. The van der Waals surface area contributed by atoms with Gasteiger partial charge in [-0.05, 0) is 31.0 Å². The van der Waals surface area contributed by atoms with E-state index in [1.807, 2.05) is 13.0 Å². The Morgan fingerprint density at radius 3 is 2.19 bits per heavy atom. The second-order valence-corrected chi connectivity index (χ2v) is 5.59. The maximum atomic E-state index is 12.4. The van der Waals surface area contributed by atoms with Crippen molar-refractivity contribution in [3.63, 3.8) is 0 Å². The fourth-order valence-corrected chi connectivity index (χ4v) is 2.60. The van der Waals surface area contributed by atoms with Crippen LogP contribution in [-0.2, 0) is 6.42 Å². The number of ether oxygens (including phenoxy) is 3. The number of aryl methyl sites for hydroxylation is 1. The van der Waals surface area contributed by atoms with Crippen molar-refractivity contribution in [1.29, 1.82) is 0 Å². The number of amides is 1. The summed E-state index contributed by atoms with van der Waals surface area (Å²) >= 11 is 0. The Labute approximate surface area is 160 Å². The molecule has 0 saturated heterocycles. The van der Waals surface area contributed by atoms with Crippen LogP contribution >= 0.6 is 12.4 Å². The number of methoxy groups -OCH3 is 3. The summed E-state index contributed by atoms with van der Waals surface area (Å²) in [5.74, 6) is 1.81. The molecule has 0 unspecified atom stereocenters. The molecule has 0 aliphatic carbocycles. The van der Waals surface area contributed by atoms with Crippen LogP contribution in [0.4, 0.5) is 5.69 Å². The molecule has 0 radical (unpaired) electrons. The van der Waals surface area contributed by atoms with Crippen LogP contribution in [0.5, 0.6) is 17.2 Å². The zero-order valence-electron chi connectivity index (χ0n) is 15.4. The number of nitrogens with one attached hydrogen (secondary N) is 1. The van der Waals surface area contributed by atoms with Gasteiger partial charge in [0.25, 0.3) is 5.91 Å². The summed E-state index contributed by atoms with van der Waals surface area (Å²) in [4.78, 5) is 12.4. The average Bonchev–Trinajstić information content (AvgIpc) is 2.63. The van der Waals surface area contributed by atoms with Crippen LogP contribution in [0.2, 0.25) is 0 Å². The summed E-state index contributed by atoms with van der Waals surface area (Å²) in [6, 6.07) is 8.88. The van der Waals surface area contributed by atoms with E-state index < -0.39 is 0 Å². The van der Waals surface area contributed by atoms with Gasteiger partial charge in [0.05, 0.1) is 21.3 Å². The van der Waals surface area contributed by atoms with Crippen LogP contribution in [0.3, 0.4) is 0 Å². The standard InChI is InChI=1S/C19H24N2O4.ClH/c1-12-5-6-13(20)9-16(12)19(22)21-8-7-15-17(24-3)10-14(23-2)11-18(15)25-4;/h5-6,9-11H,7-8,20H2,1-4H3,(H,21,22);1H. The van der Waals surface area contributed by atoms with Gasteiger partial charge < -0.3 is 25.3 Å². The first-order valence-corrected chi connectivity index (χ1v) is 7.93. The van der Waals surface area contributed by atoms with Crippen LogP contribution < -0.4 is 25.3 Å². The van der Waals surface area contributed by atoms with Gasteiger partial charge in [-0.25, -0.2) is 0 Å². The number of hydrogen-bond acceptors (Lipinski definition) is 5. The zero-order chi connectivity index (χ0) is 18.4. The largest absolute Gasteiger partial charge is 0.496 e. The maximum absolute atomic E-state index is 12.4. The van der Waals surface area contributed by atoms with Crippen LogP contribution in [0.15, 0.2) is 30.3 Å². The third kappa shape index (κ3) is 4.95. The van der Waals surface area contributed by atoms with Gasteiger partial charge in [0.1, 0.15) is 17.2 Å². The van der Waals surface area contributed by atoms with Crippen LogP contribution in [-0.4, -0.2) is 33.8 Å². The number of nitrogens with two attached hydrogens (primary N) is 1. The van der Waals surface area contributed by atoms with E-state index in [2.05, 4.69) is 5.32 Å². The lowest BCUT2D eigenvalue weighted by Crippen LogP contribution is -2.26. The van der Waals surface area contributed by atoms with Gasteiger partial charge in [-0.1, -0.05) is 6.07 Å². The molecule has 0 spiro atoms. The van der Waals surface area contributed by atoms with Gasteiger partial charge in [-0.2, -0.15) is 0 Å². The molecule has 2 aromatic carbocycles. The van der Waals surface area contributed by atoms with Crippen molar-refractivity contribution in [2.24, 2.45) is 0 Å². The van der Waals surface area contributed by atoms with Gasteiger partial charge in [-0.15, -0.1) is 12.4 Å². The summed E-state index contributed by atoms with van der Waals surface area (Å²) in [5, 5.41) is 2.91. The minimum Gasteiger partial charge on any atom is -0.496 e. The third-order valence-electron chi connectivity index (χ3n) is 3.98. The minimum atomic E-state index is -0.156. The lowest BCUT2D eigenvalue weighted by molar-refractivity contribution is 0.0953. The molecule has 26 heavy (non-hydrogen) atoms.